The van der Waals surface area contributed by atoms with Crippen molar-refractivity contribution in [3.05, 3.63) is 22.7 Å². The van der Waals surface area contributed by atoms with Crippen molar-refractivity contribution < 1.29 is 9.90 Å². The minimum Gasteiger partial charge on any atom is -0.397 e. The van der Waals surface area contributed by atoms with Gasteiger partial charge in [0, 0.05) is 18.2 Å². The molecule has 5 N–H and O–H groups in total. The van der Waals surface area contributed by atoms with Crippen LogP contribution >= 0.6 is 11.3 Å². The number of pyridine rings is 1. The van der Waals surface area contributed by atoms with Crippen LogP contribution in [0.15, 0.2) is 12.3 Å². The third-order valence-corrected chi connectivity index (χ3v) is 4.93. The second kappa shape index (κ2) is 4.18. The summed E-state index contributed by atoms with van der Waals surface area (Å²) in [5, 5.41) is 10.3. The SMILES string of the molecule is NC(=O)c1sc2nccc(CC3(CO)CC3)c2c1N. The molecule has 0 saturated heterocycles. The highest BCUT2D eigenvalue weighted by molar-refractivity contribution is 7.21. The van der Waals surface area contributed by atoms with E-state index >= 15 is 0 Å². The molecular formula is C13H15N3O2S. The molecule has 1 aliphatic carbocycles. The average Bonchev–Trinajstić information content (AvgIpc) is 3.07. The Balaban J connectivity index is 2.12. The summed E-state index contributed by atoms with van der Waals surface area (Å²) >= 11 is 1.23. The number of nitrogens with zero attached hydrogens (tertiary/aromatic N) is 1. The van der Waals surface area contributed by atoms with Gasteiger partial charge in [-0.15, -0.1) is 11.3 Å². The number of hydrogen-bond donors (Lipinski definition) is 3. The lowest BCUT2D eigenvalue weighted by Crippen LogP contribution is -2.12. The van der Waals surface area contributed by atoms with Crippen LogP contribution in [0.1, 0.15) is 28.1 Å². The number of carbonyl (C=O) groups is 1. The maximum atomic E-state index is 11.3. The number of aliphatic hydroxyl groups is 1. The number of nitrogen functional groups attached to an aromatic ring is 1. The Hall–Kier alpha value is -1.66. The van der Waals surface area contributed by atoms with E-state index < -0.39 is 5.91 Å². The van der Waals surface area contributed by atoms with Crippen LogP contribution in [0.2, 0.25) is 0 Å². The topological polar surface area (TPSA) is 102 Å². The van der Waals surface area contributed by atoms with E-state index in [1.54, 1.807) is 6.20 Å². The maximum absolute atomic E-state index is 11.3. The van der Waals surface area contributed by atoms with Crippen molar-refractivity contribution >= 4 is 33.1 Å². The van der Waals surface area contributed by atoms with Crippen LogP contribution in [0, 0.1) is 5.41 Å². The van der Waals surface area contributed by atoms with Gasteiger partial charge in [0.25, 0.3) is 5.91 Å². The molecule has 1 fully saturated rings. The Kier molecular flexibility index (Phi) is 2.72. The van der Waals surface area contributed by atoms with Crippen LogP contribution in [0.5, 0.6) is 0 Å². The molecule has 0 atom stereocenters. The van der Waals surface area contributed by atoms with Crippen LogP contribution in [-0.2, 0) is 6.42 Å². The first-order chi connectivity index (χ1) is 9.06. The number of aliphatic hydroxyl groups excluding tert-OH is 1. The van der Waals surface area contributed by atoms with Crippen LogP contribution < -0.4 is 11.5 Å². The fraction of sp³-hybridized carbons (Fsp3) is 0.385. The first-order valence-electron chi connectivity index (χ1n) is 6.13. The molecule has 5 nitrogen and oxygen atoms in total. The Labute approximate surface area is 114 Å². The van der Waals surface area contributed by atoms with Gasteiger partial charge in [0.05, 0.1) is 5.69 Å². The van der Waals surface area contributed by atoms with Crippen molar-refractivity contribution in [2.75, 3.05) is 12.3 Å². The number of thiophene rings is 1. The van der Waals surface area contributed by atoms with Gasteiger partial charge in [-0.2, -0.15) is 0 Å². The van der Waals surface area contributed by atoms with E-state index in [1.165, 1.54) is 11.3 Å². The number of nitrogens with two attached hydrogens (primary N) is 2. The van der Waals surface area contributed by atoms with Gasteiger partial charge in [-0.05, 0) is 36.3 Å². The van der Waals surface area contributed by atoms with Crippen LogP contribution in [0.25, 0.3) is 10.2 Å². The van der Waals surface area contributed by atoms with E-state index in [2.05, 4.69) is 4.98 Å². The summed E-state index contributed by atoms with van der Waals surface area (Å²) in [4.78, 5) is 16.7. The largest absolute Gasteiger partial charge is 0.397 e. The number of anilines is 1. The highest BCUT2D eigenvalue weighted by Crippen LogP contribution is 2.49. The van der Waals surface area contributed by atoms with Crippen LogP contribution in [0.3, 0.4) is 0 Å². The zero-order valence-corrected chi connectivity index (χ0v) is 11.2. The summed E-state index contributed by atoms with van der Waals surface area (Å²) in [6.07, 6.45) is 4.54. The van der Waals surface area contributed by atoms with Gasteiger partial charge >= 0.3 is 0 Å². The molecule has 2 heterocycles. The molecule has 6 heteroatoms. The Bertz CT molecular complexity index is 661. The smallest absolute Gasteiger partial charge is 0.260 e. The summed E-state index contributed by atoms with van der Waals surface area (Å²) in [6, 6.07) is 1.91. The fourth-order valence-corrected chi connectivity index (χ4v) is 3.38. The Morgan fingerprint density at radius 3 is 2.84 bits per heavy atom. The van der Waals surface area contributed by atoms with Crippen LogP contribution in [-0.4, -0.2) is 22.6 Å². The van der Waals surface area contributed by atoms with Crippen molar-refractivity contribution in [2.24, 2.45) is 11.1 Å². The highest BCUT2D eigenvalue weighted by Gasteiger charge is 2.42. The molecule has 19 heavy (non-hydrogen) atoms. The molecule has 1 aliphatic rings. The second-order valence-electron chi connectivity index (χ2n) is 5.19. The second-order valence-corrected chi connectivity index (χ2v) is 6.19. The lowest BCUT2D eigenvalue weighted by molar-refractivity contribution is 0.100. The monoisotopic (exact) mass is 277 g/mol. The highest BCUT2D eigenvalue weighted by atomic mass is 32.1. The molecule has 0 bridgehead atoms. The summed E-state index contributed by atoms with van der Waals surface area (Å²) in [5.74, 6) is -0.519. The quantitative estimate of drug-likeness (QED) is 0.783. The molecule has 1 saturated carbocycles. The molecule has 0 radical (unpaired) electrons. The minimum atomic E-state index is -0.519. The van der Waals surface area contributed by atoms with Gasteiger partial charge in [-0.25, -0.2) is 4.98 Å². The molecule has 0 unspecified atom stereocenters. The standard InChI is InChI=1S/C13H15N3O2S/c14-9-8-7(5-13(6-17)2-3-13)1-4-16-12(8)19-10(9)11(15)18/h1,4,17H,2-3,5-6,14H2,(H2,15,18). The summed E-state index contributed by atoms with van der Waals surface area (Å²) < 4.78 is 0. The van der Waals surface area contributed by atoms with Gasteiger partial charge in [0.2, 0.25) is 0 Å². The van der Waals surface area contributed by atoms with Crippen molar-refractivity contribution in [3.63, 3.8) is 0 Å². The molecule has 0 aromatic carbocycles. The first-order valence-corrected chi connectivity index (χ1v) is 6.94. The lowest BCUT2D eigenvalue weighted by atomic mass is 9.96. The van der Waals surface area contributed by atoms with Gasteiger partial charge in [-0.3, -0.25) is 4.79 Å². The summed E-state index contributed by atoms with van der Waals surface area (Å²) in [6.45, 7) is 0.184. The zero-order valence-electron chi connectivity index (χ0n) is 10.3. The fourth-order valence-electron chi connectivity index (χ4n) is 2.41. The number of amides is 1. The van der Waals surface area contributed by atoms with E-state index in [1.807, 2.05) is 6.07 Å². The molecule has 0 aliphatic heterocycles. The van der Waals surface area contributed by atoms with Gasteiger partial charge in [0.1, 0.15) is 9.71 Å². The Morgan fingerprint density at radius 2 is 2.26 bits per heavy atom. The number of fused-ring (bicyclic) bond motifs is 1. The van der Waals surface area contributed by atoms with Gasteiger partial charge in [0.15, 0.2) is 0 Å². The zero-order chi connectivity index (χ0) is 13.6. The van der Waals surface area contributed by atoms with Crippen molar-refractivity contribution in [2.45, 2.75) is 19.3 Å². The average molecular weight is 277 g/mol. The summed E-state index contributed by atoms with van der Waals surface area (Å²) in [5.41, 5.74) is 12.8. The molecule has 2 aromatic heterocycles. The molecule has 1 amide bonds. The number of carbonyl (C=O) groups excluding carboxylic acids is 1. The number of primary amides is 1. The van der Waals surface area contributed by atoms with Crippen molar-refractivity contribution in [1.82, 2.24) is 4.98 Å². The summed E-state index contributed by atoms with van der Waals surface area (Å²) in [7, 11) is 0. The number of hydrogen-bond acceptors (Lipinski definition) is 5. The van der Waals surface area contributed by atoms with Gasteiger partial charge in [-0.1, -0.05) is 0 Å². The predicted octanol–water partition coefficient (Wildman–Crippen LogP) is 1.29. The number of rotatable bonds is 4. The molecule has 2 aromatic rings. The van der Waals surface area contributed by atoms with E-state index in [9.17, 15) is 9.90 Å². The van der Waals surface area contributed by atoms with Crippen molar-refractivity contribution in [3.8, 4) is 0 Å². The van der Waals surface area contributed by atoms with E-state index in [-0.39, 0.29) is 12.0 Å². The Morgan fingerprint density at radius 1 is 1.53 bits per heavy atom. The first kappa shape index (κ1) is 12.4. The van der Waals surface area contributed by atoms with Gasteiger partial charge < -0.3 is 16.6 Å². The lowest BCUT2D eigenvalue weighted by Gasteiger charge is -2.12. The maximum Gasteiger partial charge on any atom is 0.260 e. The van der Waals surface area contributed by atoms with Crippen molar-refractivity contribution in [1.29, 1.82) is 0 Å². The third kappa shape index (κ3) is 1.97. The molecular weight excluding hydrogens is 262 g/mol. The van der Waals surface area contributed by atoms with Crippen LogP contribution in [0.4, 0.5) is 5.69 Å². The van der Waals surface area contributed by atoms with E-state index in [4.69, 9.17) is 11.5 Å². The predicted molar refractivity (Wildman–Crippen MR) is 75.0 cm³/mol. The molecule has 100 valence electrons. The van der Waals surface area contributed by atoms with E-state index in [0.29, 0.717) is 10.6 Å². The third-order valence-electron chi connectivity index (χ3n) is 3.80. The van der Waals surface area contributed by atoms with E-state index in [0.717, 1.165) is 35.0 Å². The minimum absolute atomic E-state index is 0.00442. The molecule has 0 spiro atoms. The normalized spacial score (nSPS) is 16.7. The molecule has 3 rings (SSSR count). The number of aromatic nitrogens is 1.